The molecule has 3 aromatic heterocycles. The van der Waals surface area contributed by atoms with Crippen molar-refractivity contribution in [2.45, 2.75) is 6.92 Å². The minimum atomic E-state index is -0.314. The monoisotopic (exact) mass is 327 g/mol. The fourth-order valence-corrected chi connectivity index (χ4v) is 3.36. The molecular formula is C15H10FN5OS. The molecule has 0 unspecified atom stereocenters. The van der Waals surface area contributed by atoms with Gasteiger partial charge in [-0.3, -0.25) is 9.89 Å². The number of nitrogens with one attached hydrogen (secondary N) is 2. The van der Waals surface area contributed by atoms with Crippen LogP contribution in [0.3, 0.4) is 0 Å². The number of nitrogens with zero attached hydrogens (tertiary/aromatic N) is 3. The van der Waals surface area contributed by atoms with Gasteiger partial charge in [-0.1, -0.05) is 11.3 Å². The van der Waals surface area contributed by atoms with Crippen LogP contribution in [0.2, 0.25) is 0 Å². The second-order valence-corrected chi connectivity index (χ2v) is 5.97. The van der Waals surface area contributed by atoms with Gasteiger partial charge in [-0.15, -0.1) is 0 Å². The minimum absolute atomic E-state index is 0.314. The molecule has 0 saturated carbocycles. The van der Waals surface area contributed by atoms with Gasteiger partial charge in [0, 0.05) is 10.9 Å². The number of benzene rings is 1. The molecule has 0 spiro atoms. The Kier molecular flexibility index (Phi) is 3.05. The Hall–Kier alpha value is -2.87. The number of aromatic nitrogens is 4. The minimum Gasteiger partial charge on any atom is -0.305 e. The topological polar surface area (TPSA) is 83.6 Å². The molecule has 4 aromatic rings. The van der Waals surface area contributed by atoms with Crippen molar-refractivity contribution in [1.29, 1.82) is 0 Å². The van der Waals surface area contributed by atoms with E-state index < -0.39 is 0 Å². The zero-order valence-electron chi connectivity index (χ0n) is 11.9. The summed E-state index contributed by atoms with van der Waals surface area (Å²) in [6, 6.07) is 5.03. The van der Waals surface area contributed by atoms with Crippen LogP contribution in [-0.4, -0.2) is 26.6 Å². The van der Waals surface area contributed by atoms with Crippen molar-refractivity contribution >= 4 is 44.1 Å². The normalized spacial score (nSPS) is 11.2. The standard InChI is InChI=1S/C15H10FN5OS/c1-7-9(16)4-12-8(5-18-21-12)13(7)10-2-3-11-14(19-10)23-15(20-11)17-6-22/h2-6H,1H3,(H,18,21)(H,17,20,22). The Balaban J connectivity index is 1.96. The SMILES string of the molecule is Cc1c(F)cc2[nH]ncc2c1-c1ccc2nc(NC=O)sc2n1. The van der Waals surface area contributed by atoms with E-state index in [4.69, 9.17) is 0 Å². The van der Waals surface area contributed by atoms with E-state index in [1.807, 2.05) is 0 Å². The summed E-state index contributed by atoms with van der Waals surface area (Å²) < 4.78 is 14.2. The van der Waals surface area contributed by atoms with Crippen LogP contribution in [-0.2, 0) is 4.79 Å². The fraction of sp³-hybridized carbons (Fsp3) is 0.0667. The van der Waals surface area contributed by atoms with Crippen LogP contribution < -0.4 is 5.32 Å². The summed E-state index contributed by atoms with van der Waals surface area (Å²) >= 11 is 1.27. The zero-order chi connectivity index (χ0) is 16.0. The molecule has 0 radical (unpaired) electrons. The summed E-state index contributed by atoms with van der Waals surface area (Å²) in [5.41, 5.74) is 3.16. The van der Waals surface area contributed by atoms with Crippen LogP contribution in [0.25, 0.3) is 32.5 Å². The van der Waals surface area contributed by atoms with Crippen molar-refractivity contribution in [2.24, 2.45) is 0 Å². The van der Waals surface area contributed by atoms with Gasteiger partial charge in [0.15, 0.2) is 5.13 Å². The molecule has 0 aliphatic carbocycles. The van der Waals surface area contributed by atoms with Crippen molar-refractivity contribution in [2.75, 3.05) is 5.32 Å². The first-order chi connectivity index (χ1) is 11.2. The van der Waals surface area contributed by atoms with Crippen molar-refractivity contribution < 1.29 is 9.18 Å². The van der Waals surface area contributed by atoms with Crippen LogP contribution >= 0.6 is 11.3 Å². The first-order valence-electron chi connectivity index (χ1n) is 6.77. The number of amides is 1. The summed E-state index contributed by atoms with van der Waals surface area (Å²) in [5, 5.41) is 10.6. The van der Waals surface area contributed by atoms with Gasteiger partial charge in [-0.25, -0.2) is 14.4 Å². The third-order valence-corrected chi connectivity index (χ3v) is 4.53. The second kappa shape index (κ2) is 5.10. The predicted octanol–water partition coefficient (Wildman–Crippen LogP) is 3.25. The number of anilines is 1. The first-order valence-corrected chi connectivity index (χ1v) is 7.59. The Bertz CT molecular complexity index is 1050. The van der Waals surface area contributed by atoms with Crippen LogP contribution in [0.4, 0.5) is 9.52 Å². The van der Waals surface area contributed by atoms with Crippen molar-refractivity contribution in [3.63, 3.8) is 0 Å². The highest BCUT2D eigenvalue weighted by Gasteiger charge is 2.16. The molecule has 0 saturated heterocycles. The Morgan fingerprint density at radius 1 is 1.35 bits per heavy atom. The first kappa shape index (κ1) is 13.8. The number of carbonyl (C=O) groups is 1. The molecule has 8 heteroatoms. The van der Waals surface area contributed by atoms with E-state index >= 15 is 0 Å². The molecule has 0 bridgehead atoms. The summed E-state index contributed by atoms with van der Waals surface area (Å²) in [5.74, 6) is -0.314. The molecule has 6 nitrogen and oxygen atoms in total. The van der Waals surface area contributed by atoms with Crippen molar-refractivity contribution in [1.82, 2.24) is 20.2 Å². The van der Waals surface area contributed by atoms with E-state index in [0.29, 0.717) is 44.2 Å². The molecule has 23 heavy (non-hydrogen) atoms. The molecule has 3 heterocycles. The fourth-order valence-electron chi connectivity index (χ4n) is 2.56. The number of hydrogen-bond donors (Lipinski definition) is 2. The lowest BCUT2D eigenvalue weighted by atomic mass is 10.0. The number of hydrogen-bond acceptors (Lipinski definition) is 5. The van der Waals surface area contributed by atoms with Crippen LogP contribution in [0, 0.1) is 12.7 Å². The average Bonchev–Trinajstić information content (AvgIpc) is 3.14. The number of pyridine rings is 1. The van der Waals surface area contributed by atoms with Crippen LogP contribution in [0.1, 0.15) is 5.56 Å². The molecule has 0 aliphatic heterocycles. The third kappa shape index (κ3) is 2.15. The van der Waals surface area contributed by atoms with Crippen molar-refractivity contribution in [3.8, 4) is 11.3 Å². The maximum absolute atomic E-state index is 14.2. The summed E-state index contributed by atoms with van der Waals surface area (Å²) in [6.07, 6.45) is 2.24. The van der Waals surface area contributed by atoms with E-state index in [2.05, 4.69) is 25.5 Å². The summed E-state index contributed by atoms with van der Waals surface area (Å²) in [4.78, 5) is 20.0. The maximum atomic E-state index is 14.2. The largest absolute Gasteiger partial charge is 0.305 e. The van der Waals surface area contributed by atoms with Gasteiger partial charge in [-0.05, 0) is 30.7 Å². The van der Waals surface area contributed by atoms with E-state index in [9.17, 15) is 9.18 Å². The quantitative estimate of drug-likeness (QED) is 0.566. The van der Waals surface area contributed by atoms with Gasteiger partial charge in [0.05, 0.1) is 17.4 Å². The molecule has 0 atom stereocenters. The molecule has 1 aromatic carbocycles. The van der Waals surface area contributed by atoms with Gasteiger partial charge in [0.2, 0.25) is 6.41 Å². The zero-order valence-corrected chi connectivity index (χ0v) is 12.7. The van der Waals surface area contributed by atoms with Gasteiger partial charge in [0.1, 0.15) is 16.2 Å². The molecule has 2 N–H and O–H groups in total. The number of carbonyl (C=O) groups excluding carboxylic acids is 1. The highest BCUT2D eigenvalue weighted by molar-refractivity contribution is 7.21. The smallest absolute Gasteiger partial charge is 0.213 e. The molecular weight excluding hydrogens is 317 g/mol. The third-order valence-electron chi connectivity index (χ3n) is 3.64. The van der Waals surface area contributed by atoms with Gasteiger partial charge in [-0.2, -0.15) is 5.10 Å². The van der Waals surface area contributed by atoms with Gasteiger partial charge < -0.3 is 5.32 Å². The predicted molar refractivity (Wildman–Crippen MR) is 86.9 cm³/mol. The lowest BCUT2D eigenvalue weighted by Gasteiger charge is -2.08. The van der Waals surface area contributed by atoms with Gasteiger partial charge >= 0.3 is 0 Å². The van der Waals surface area contributed by atoms with Crippen LogP contribution in [0.15, 0.2) is 24.4 Å². The highest BCUT2D eigenvalue weighted by Crippen LogP contribution is 2.34. The van der Waals surface area contributed by atoms with Gasteiger partial charge in [0.25, 0.3) is 0 Å². The average molecular weight is 327 g/mol. The maximum Gasteiger partial charge on any atom is 0.213 e. The van der Waals surface area contributed by atoms with E-state index in [-0.39, 0.29) is 5.82 Å². The molecule has 114 valence electrons. The Morgan fingerprint density at radius 3 is 3.04 bits per heavy atom. The highest BCUT2D eigenvalue weighted by atomic mass is 32.1. The Morgan fingerprint density at radius 2 is 2.22 bits per heavy atom. The lowest BCUT2D eigenvalue weighted by molar-refractivity contribution is -0.105. The number of thiazole rings is 1. The van der Waals surface area contributed by atoms with Crippen molar-refractivity contribution in [3.05, 3.63) is 35.8 Å². The molecule has 4 rings (SSSR count). The number of halogens is 1. The molecule has 0 aliphatic rings. The number of H-pyrrole nitrogens is 1. The van der Waals surface area contributed by atoms with Crippen LogP contribution in [0.5, 0.6) is 0 Å². The molecule has 0 fully saturated rings. The molecule has 1 amide bonds. The number of rotatable bonds is 3. The Labute approximate surface area is 133 Å². The van der Waals surface area contributed by atoms with E-state index in [0.717, 1.165) is 5.39 Å². The van der Waals surface area contributed by atoms with E-state index in [1.54, 1.807) is 25.3 Å². The summed E-state index contributed by atoms with van der Waals surface area (Å²) in [7, 11) is 0. The van der Waals surface area contributed by atoms with E-state index in [1.165, 1.54) is 17.4 Å². The number of fused-ring (bicyclic) bond motifs is 2. The summed E-state index contributed by atoms with van der Waals surface area (Å²) in [6.45, 7) is 1.72. The second-order valence-electron chi connectivity index (χ2n) is 4.99. The lowest BCUT2D eigenvalue weighted by Crippen LogP contribution is -1.92. The number of aromatic amines is 1.